The van der Waals surface area contributed by atoms with E-state index in [-0.39, 0.29) is 5.91 Å². The lowest BCUT2D eigenvalue weighted by molar-refractivity contribution is -0.117. The van der Waals surface area contributed by atoms with Crippen molar-refractivity contribution in [3.05, 3.63) is 62.7 Å². The van der Waals surface area contributed by atoms with E-state index in [0.717, 1.165) is 9.13 Å². The number of nitrogens with two attached hydrogens (primary N) is 1. The van der Waals surface area contributed by atoms with Crippen LogP contribution in [0.1, 0.15) is 11.6 Å². The SMILES string of the molecule is N[C@@H](C(=O)Nc1ccc(I)cc1Cl)c1ccccc1. The van der Waals surface area contributed by atoms with Crippen LogP contribution in [0.3, 0.4) is 0 Å². The highest BCUT2D eigenvalue weighted by Crippen LogP contribution is 2.24. The fourth-order valence-corrected chi connectivity index (χ4v) is 2.52. The lowest BCUT2D eigenvalue weighted by atomic mass is 10.1. The number of amides is 1. The van der Waals surface area contributed by atoms with Crippen molar-refractivity contribution in [3.8, 4) is 0 Å². The van der Waals surface area contributed by atoms with Gasteiger partial charge in [-0.3, -0.25) is 4.79 Å². The first-order valence-electron chi connectivity index (χ1n) is 5.64. The number of nitrogens with one attached hydrogen (secondary N) is 1. The van der Waals surface area contributed by atoms with Crippen molar-refractivity contribution in [1.29, 1.82) is 0 Å². The molecule has 1 amide bonds. The Labute approximate surface area is 130 Å². The summed E-state index contributed by atoms with van der Waals surface area (Å²) in [6, 6.07) is 13.9. The molecule has 0 unspecified atom stereocenters. The molecule has 0 saturated carbocycles. The van der Waals surface area contributed by atoms with Crippen LogP contribution in [0.4, 0.5) is 5.69 Å². The van der Waals surface area contributed by atoms with Gasteiger partial charge in [0.1, 0.15) is 6.04 Å². The molecule has 1 atom stereocenters. The Morgan fingerprint density at radius 2 is 1.89 bits per heavy atom. The molecule has 0 aliphatic carbocycles. The van der Waals surface area contributed by atoms with Crippen LogP contribution < -0.4 is 11.1 Å². The van der Waals surface area contributed by atoms with E-state index in [1.54, 1.807) is 12.1 Å². The highest BCUT2D eigenvalue weighted by atomic mass is 127. The number of benzene rings is 2. The van der Waals surface area contributed by atoms with Crippen LogP contribution in [0.25, 0.3) is 0 Å². The Bertz CT molecular complexity index is 589. The van der Waals surface area contributed by atoms with Gasteiger partial charge in [-0.2, -0.15) is 0 Å². The predicted molar refractivity (Wildman–Crippen MR) is 86.2 cm³/mol. The van der Waals surface area contributed by atoms with Gasteiger partial charge in [-0.05, 0) is 46.4 Å². The summed E-state index contributed by atoms with van der Waals surface area (Å²) in [4.78, 5) is 12.1. The van der Waals surface area contributed by atoms with Gasteiger partial charge < -0.3 is 11.1 Å². The fourth-order valence-electron chi connectivity index (χ4n) is 1.61. The molecule has 3 nitrogen and oxygen atoms in total. The van der Waals surface area contributed by atoms with Gasteiger partial charge in [-0.15, -0.1) is 0 Å². The number of hydrogen-bond donors (Lipinski definition) is 2. The third-order valence-electron chi connectivity index (χ3n) is 2.63. The van der Waals surface area contributed by atoms with E-state index in [9.17, 15) is 4.79 Å². The molecule has 0 aliphatic heterocycles. The number of hydrogen-bond acceptors (Lipinski definition) is 2. The minimum absolute atomic E-state index is 0.283. The number of anilines is 1. The summed E-state index contributed by atoms with van der Waals surface area (Å²) in [5.74, 6) is -0.283. The van der Waals surface area contributed by atoms with Crippen molar-refractivity contribution in [2.24, 2.45) is 5.73 Å². The van der Waals surface area contributed by atoms with Crippen LogP contribution in [0.15, 0.2) is 48.5 Å². The summed E-state index contributed by atoms with van der Waals surface area (Å²) in [5.41, 5.74) is 7.24. The Kier molecular flexibility index (Phi) is 4.79. The number of halogens is 2. The van der Waals surface area contributed by atoms with Gasteiger partial charge in [0.15, 0.2) is 0 Å². The van der Waals surface area contributed by atoms with Crippen molar-refractivity contribution >= 4 is 45.8 Å². The van der Waals surface area contributed by atoms with E-state index in [2.05, 4.69) is 27.9 Å². The lowest BCUT2D eigenvalue weighted by Gasteiger charge is -2.13. The molecule has 0 heterocycles. The molecule has 5 heteroatoms. The molecular formula is C14H12ClIN2O. The quantitative estimate of drug-likeness (QED) is 0.792. The molecule has 0 spiro atoms. The minimum Gasteiger partial charge on any atom is -0.323 e. The van der Waals surface area contributed by atoms with Crippen molar-refractivity contribution in [1.82, 2.24) is 0 Å². The first kappa shape index (κ1) is 14.3. The molecule has 19 heavy (non-hydrogen) atoms. The Morgan fingerprint density at radius 1 is 1.21 bits per heavy atom. The van der Waals surface area contributed by atoms with Crippen molar-refractivity contribution in [2.75, 3.05) is 5.32 Å². The number of carbonyl (C=O) groups excluding carboxylic acids is 1. The van der Waals surface area contributed by atoms with Crippen LogP contribution in [-0.4, -0.2) is 5.91 Å². The van der Waals surface area contributed by atoms with E-state index >= 15 is 0 Å². The summed E-state index contributed by atoms with van der Waals surface area (Å²) < 4.78 is 1.01. The van der Waals surface area contributed by atoms with Crippen LogP contribution in [0, 0.1) is 3.57 Å². The first-order chi connectivity index (χ1) is 9.08. The zero-order valence-corrected chi connectivity index (χ0v) is 12.9. The zero-order chi connectivity index (χ0) is 13.8. The zero-order valence-electron chi connectivity index (χ0n) is 9.94. The molecule has 0 fully saturated rings. The predicted octanol–water partition coefficient (Wildman–Crippen LogP) is 3.58. The molecule has 2 aromatic rings. The third-order valence-corrected chi connectivity index (χ3v) is 3.61. The van der Waals surface area contributed by atoms with Gasteiger partial charge in [-0.25, -0.2) is 0 Å². The standard InChI is InChI=1S/C14H12ClIN2O/c15-11-8-10(16)6-7-12(11)18-14(19)13(17)9-4-2-1-3-5-9/h1-8,13H,17H2,(H,18,19)/t13-/m1/s1. The Hall–Kier alpha value is -1.11. The summed E-state index contributed by atoms with van der Waals surface area (Å²) in [7, 11) is 0. The van der Waals surface area contributed by atoms with Crippen molar-refractivity contribution in [3.63, 3.8) is 0 Å². The molecular weight excluding hydrogens is 375 g/mol. The van der Waals surface area contributed by atoms with Crippen molar-refractivity contribution < 1.29 is 4.79 Å². The minimum atomic E-state index is -0.712. The van der Waals surface area contributed by atoms with Gasteiger partial charge >= 0.3 is 0 Å². The highest BCUT2D eigenvalue weighted by molar-refractivity contribution is 14.1. The molecule has 0 bridgehead atoms. The first-order valence-corrected chi connectivity index (χ1v) is 7.10. The maximum absolute atomic E-state index is 12.1. The van der Waals surface area contributed by atoms with Crippen LogP contribution >= 0.6 is 34.2 Å². The Balaban J connectivity index is 2.13. The molecule has 0 saturated heterocycles. The lowest BCUT2D eigenvalue weighted by Crippen LogP contribution is -2.27. The van der Waals surface area contributed by atoms with E-state index < -0.39 is 6.04 Å². The highest BCUT2D eigenvalue weighted by Gasteiger charge is 2.16. The summed E-state index contributed by atoms with van der Waals surface area (Å²) in [6.07, 6.45) is 0. The largest absolute Gasteiger partial charge is 0.323 e. The monoisotopic (exact) mass is 386 g/mol. The van der Waals surface area contributed by atoms with E-state index in [1.165, 1.54) is 0 Å². The van der Waals surface area contributed by atoms with Gasteiger partial charge in [0, 0.05) is 3.57 Å². The maximum atomic E-state index is 12.1. The van der Waals surface area contributed by atoms with Crippen molar-refractivity contribution in [2.45, 2.75) is 6.04 Å². The molecule has 2 rings (SSSR count). The van der Waals surface area contributed by atoms with Crippen LogP contribution in [-0.2, 0) is 4.79 Å². The van der Waals surface area contributed by atoms with E-state index in [4.69, 9.17) is 17.3 Å². The molecule has 0 aromatic heterocycles. The normalized spacial score (nSPS) is 11.9. The van der Waals surface area contributed by atoms with E-state index in [0.29, 0.717) is 10.7 Å². The molecule has 3 N–H and O–H groups in total. The maximum Gasteiger partial charge on any atom is 0.245 e. The Morgan fingerprint density at radius 3 is 2.53 bits per heavy atom. The number of rotatable bonds is 3. The second-order valence-corrected chi connectivity index (χ2v) is 5.65. The average molecular weight is 387 g/mol. The third kappa shape index (κ3) is 3.68. The topological polar surface area (TPSA) is 55.1 Å². The van der Waals surface area contributed by atoms with Gasteiger partial charge in [0.2, 0.25) is 5.91 Å². The second-order valence-electron chi connectivity index (χ2n) is 4.00. The summed E-state index contributed by atoms with van der Waals surface area (Å²) >= 11 is 8.22. The molecule has 0 radical (unpaired) electrons. The summed E-state index contributed by atoms with van der Waals surface area (Å²) in [5, 5.41) is 3.24. The molecule has 98 valence electrons. The smallest absolute Gasteiger partial charge is 0.245 e. The van der Waals surface area contributed by atoms with Gasteiger partial charge in [0.25, 0.3) is 0 Å². The van der Waals surface area contributed by atoms with Crippen LogP contribution in [0.2, 0.25) is 5.02 Å². The van der Waals surface area contributed by atoms with E-state index in [1.807, 2.05) is 36.4 Å². The summed E-state index contributed by atoms with van der Waals surface area (Å²) in [6.45, 7) is 0. The fraction of sp³-hybridized carbons (Fsp3) is 0.0714. The second kappa shape index (κ2) is 6.36. The van der Waals surface area contributed by atoms with Gasteiger partial charge in [-0.1, -0.05) is 41.9 Å². The molecule has 2 aromatic carbocycles. The number of carbonyl (C=O) groups is 1. The molecule has 0 aliphatic rings. The van der Waals surface area contributed by atoms with Gasteiger partial charge in [0.05, 0.1) is 10.7 Å². The average Bonchev–Trinajstić information content (AvgIpc) is 2.42. The van der Waals surface area contributed by atoms with Crippen LogP contribution in [0.5, 0.6) is 0 Å².